The van der Waals surface area contributed by atoms with Gasteiger partial charge in [-0.2, -0.15) is 0 Å². The van der Waals surface area contributed by atoms with Crippen molar-refractivity contribution < 1.29 is 19.1 Å². The summed E-state index contributed by atoms with van der Waals surface area (Å²) in [7, 11) is 3.22. The van der Waals surface area contributed by atoms with Gasteiger partial charge in [-0.25, -0.2) is 4.98 Å². The van der Waals surface area contributed by atoms with E-state index in [9.17, 15) is 9.59 Å². The summed E-state index contributed by atoms with van der Waals surface area (Å²) in [6, 6.07) is 16.9. The average Bonchev–Trinajstić information content (AvgIpc) is 3.29. The molecular formula is C25H25N3O4. The molecule has 2 amide bonds. The highest BCUT2D eigenvalue weighted by Crippen LogP contribution is 2.27. The number of hydrogen-bond donors (Lipinski definition) is 1. The molecule has 0 spiro atoms. The first kappa shape index (κ1) is 21.4. The number of benzene rings is 2. The van der Waals surface area contributed by atoms with Gasteiger partial charge in [0.05, 0.1) is 25.0 Å². The smallest absolute Gasteiger partial charge is 0.255 e. The van der Waals surface area contributed by atoms with Gasteiger partial charge in [0.1, 0.15) is 17.3 Å². The second-order valence-electron chi connectivity index (χ2n) is 7.60. The molecule has 0 aliphatic carbocycles. The molecule has 2 aromatic carbocycles. The van der Waals surface area contributed by atoms with Crippen molar-refractivity contribution in [3.8, 4) is 22.8 Å². The molecule has 1 aliphatic rings. The van der Waals surface area contributed by atoms with Crippen LogP contribution >= 0.6 is 0 Å². The molecule has 1 aromatic heterocycles. The van der Waals surface area contributed by atoms with Crippen LogP contribution in [0.2, 0.25) is 0 Å². The van der Waals surface area contributed by atoms with Gasteiger partial charge in [-0.3, -0.25) is 14.5 Å². The minimum absolute atomic E-state index is 0.211. The van der Waals surface area contributed by atoms with Crippen molar-refractivity contribution in [1.29, 1.82) is 0 Å². The molecule has 7 heteroatoms. The zero-order chi connectivity index (χ0) is 22.7. The number of aromatic nitrogens is 1. The Morgan fingerprint density at radius 1 is 1.12 bits per heavy atom. The topological polar surface area (TPSA) is 80.8 Å². The minimum Gasteiger partial charge on any atom is -0.497 e. The van der Waals surface area contributed by atoms with Gasteiger partial charge < -0.3 is 14.8 Å². The first-order chi connectivity index (χ1) is 15.5. The number of hydrogen-bond acceptors (Lipinski definition) is 5. The molecule has 2 heterocycles. The van der Waals surface area contributed by atoms with E-state index in [1.807, 2.05) is 36.4 Å². The molecule has 0 fully saturated rings. The zero-order valence-electron chi connectivity index (χ0n) is 18.3. The predicted molar refractivity (Wildman–Crippen MR) is 122 cm³/mol. The van der Waals surface area contributed by atoms with Crippen molar-refractivity contribution in [2.45, 2.75) is 19.9 Å². The fourth-order valence-corrected chi connectivity index (χ4v) is 3.58. The summed E-state index contributed by atoms with van der Waals surface area (Å²) in [4.78, 5) is 31.1. The van der Waals surface area contributed by atoms with Gasteiger partial charge in [0, 0.05) is 32.5 Å². The van der Waals surface area contributed by atoms with E-state index in [0.29, 0.717) is 30.2 Å². The number of carbonyl (C=O) groups is 2. The van der Waals surface area contributed by atoms with Crippen LogP contribution in [-0.2, 0) is 17.8 Å². The number of carbonyl (C=O) groups excluding carboxylic acids is 2. The number of nitrogens with zero attached hydrogens (tertiary/aromatic N) is 2. The van der Waals surface area contributed by atoms with Crippen LogP contribution in [0.25, 0.3) is 11.3 Å². The molecule has 4 rings (SSSR count). The fourth-order valence-electron chi connectivity index (χ4n) is 3.58. The molecule has 0 saturated carbocycles. The van der Waals surface area contributed by atoms with Crippen molar-refractivity contribution in [3.63, 3.8) is 0 Å². The van der Waals surface area contributed by atoms with Crippen LogP contribution in [0.15, 0.2) is 54.6 Å². The van der Waals surface area contributed by atoms with Crippen molar-refractivity contribution in [2.75, 3.05) is 25.7 Å². The Morgan fingerprint density at radius 3 is 2.62 bits per heavy atom. The summed E-state index contributed by atoms with van der Waals surface area (Å²) in [5.74, 6) is 1.45. The van der Waals surface area contributed by atoms with Gasteiger partial charge in [0.2, 0.25) is 5.91 Å². The molecule has 0 radical (unpaired) electrons. The summed E-state index contributed by atoms with van der Waals surface area (Å²) in [5, 5.41) is 2.94. The number of ether oxygens (including phenoxy) is 2. The van der Waals surface area contributed by atoms with Gasteiger partial charge in [-0.15, -0.1) is 0 Å². The quantitative estimate of drug-likeness (QED) is 0.645. The Labute approximate surface area is 187 Å². The van der Waals surface area contributed by atoms with E-state index in [0.717, 1.165) is 34.6 Å². The number of methoxy groups -OCH3 is 1. The lowest BCUT2D eigenvalue weighted by molar-refractivity contribution is -0.116. The minimum atomic E-state index is -0.293. The van der Waals surface area contributed by atoms with E-state index in [1.165, 1.54) is 11.8 Å². The lowest BCUT2D eigenvalue weighted by Crippen LogP contribution is -2.30. The van der Waals surface area contributed by atoms with Crippen LogP contribution in [-0.4, -0.2) is 37.6 Å². The second-order valence-corrected chi connectivity index (χ2v) is 7.60. The highest BCUT2D eigenvalue weighted by Gasteiger charge is 2.20. The average molecular weight is 431 g/mol. The molecular weight excluding hydrogens is 406 g/mol. The molecule has 7 nitrogen and oxygen atoms in total. The number of rotatable bonds is 6. The largest absolute Gasteiger partial charge is 0.497 e. The van der Waals surface area contributed by atoms with E-state index in [-0.39, 0.29) is 11.8 Å². The maximum Gasteiger partial charge on any atom is 0.255 e. The van der Waals surface area contributed by atoms with Gasteiger partial charge in [-0.1, -0.05) is 12.1 Å². The van der Waals surface area contributed by atoms with E-state index in [2.05, 4.69) is 16.4 Å². The molecule has 0 atom stereocenters. The summed E-state index contributed by atoms with van der Waals surface area (Å²) < 4.78 is 10.7. The van der Waals surface area contributed by atoms with Crippen LogP contribution in [0.5, 0.6) is 11.5 Å². The Bertz CT molecular complexity index is 1160. The van der Waals surface area contributed by atoms with Gasteiger partial charge in [-0.05, 0) is 53.6 Å². The first-order valence-electron chi connectivity index (χ1n) is 10.4. The maximum absolute atomic E-state index is 13.0. The van der Waals surface area contributed by atoms with E-state index >= 15 is 0 Å². The molecule has 0 unspecified atom stereocenters. The van der Waals surface area contributed by atoms with Crippen LogP contribution in [0.4, 0.5) is 5.82 Å². The van der Waals surface area contributed by atoms with Crippen LogP contribution in [0, 0.1) is 0 Å². The Hall–Kier alpha value is -3.87. The molecule has 3 aromatic rings. The highest BCUT2D eigenvalue weighted by atomic mass is 16.5. The molecule has 0 bridgehead atoms. The monoisotopic (exact) mass is 431 g/mol. The molecule has 32 heavy (non-hydrogen) atoms. The lowest BCUT2D eigenvalue weighted by Gasteiger charge is -2.19. The summed E-state index contributed by atoms with van der Waals surface area (Å²) in [6.45, 7) is 2.50. The molecule has 1 aliphatic heterocycles. The third kappa shape index (κ3) is 4.42. The van der Waals surface area contributed by atoms with E-state index in [4.69, 9.17) is 9.47 Å². The Kier molecular flexibility index (Phi) is 6.07. The number of anilines is 1. The van der Waals surface area contributed by atoms with Crippen molar-refractivity contribution in [2.24, 2.45) is 0 Å². The maximum atomic E-state index is 13.0. The lowest BCUT2D eigenvalue weighted by atomic mass is 10.1. The second kappa shape index (κ2) is 9.09. The van der Waals surface area contributed by atoms with Gasteiger partial charge in [0.15, 0.2) is 0 Å². The summed E-state index contributed by atoms with van der Waals surface area (Å²) >= 11 is 0. The number of pyridine rings is 1. The number of fused-ring (bicyclic) bond motifs is 1. The summed E-state index contributed by atoms with van der Waals surface area (Å²) in [6.07, 6.45) is 0.876. The van der Waals surface area contributed by atoms with E-state index < -0.39 is 0 Å². The summed E-state index contributed by atoms with van der Waals surface area (Å²) in [5.41, 5.74) is 4.00. The standard InChI is InChI=1S/C25H25N3O4/c1-16(29)28(2)24-21(9-10-22(27-24)18-5-7-20(31-3)8-6-18)25(30)26-15-17-4-11-23-19(14-17)12-13-32-23/h4-11,14H,12-13,15H2,1-3H3,(H,26,30). The van der Waals surface area contributed by atoms with Crippen LogP contribution in [0.1, 0.15) is 28.4 Å². The third-order valence-electron chi connectivity index (χ3n) is 5.50. The highest BCUT2D eigenvalue weighted by molar-refractivity contribution is 6.03. The third-order valence-corrected chi connectivity index (χ3v) is 5.50. The van der Waals surface area contributed by atoms with Crippen LogP contribution in [0.3, 0.4) is 0 Å². The van der Waals surface area contributed by atoms with E-state index in [1.54, 1.807) is 26.3 Å². The predicted octanol–water partition coefficient (Wildman–Crippen LogP) is 3.60. The number of nitrogens with one attached hydrogen (secondary N) is 1. The molecule has 1 N–H and O–H groups in total. The SMILES string of the molecule is COc1ccc(-c2ccc(C(=O)NCc3ccc4c(c3)CCO4)c(N(C)C(C)=O)n2)cc1. The van der Waals surface area contributed by atoms with Crippen molar-refractivity contribution in [1.82, 2.24) is 10.3 Å². The molecule has 0 saturated heterocycles. The Morgan fingerprint density at radius 2 is 1.91 bits per heavy atom. The first-order valence-corrected chi connectivity index (χ1v) is 10.4. The number of amides is 2. The van der Waals surface area contributed by atoms with Gasteiger partial charge in [0.25, 0.3) is 5.91 Å². The van der Waals surface area contributed by atoms with Gasteiger partial charge >= 0.3 is 0 Å². The Balaban J connectivity index is 1.58. The van der Waals surface area contributed by atoms with Crippen molar-refractivity contribution in [3.05, 3.63) is 71.3 Å². The van der Waals surface area contributed by atoms with Crippen LogP contribution < -0.4 is 19.7 Å². The van der Waals surface area contributed by atoms with Crippen molar-refractivity contribution >= 4 is 17.6 Å². The fraction of sp³-hybridized carbons (Fsp3) is 0.240. The zero-order valence-corrected chi connectivity index (χ0v) is 18.3. The molecule has 164 valence electrons. The normalized spacial score (nSPS) is 12.0.